The van der Waals surface area contributed by atoms with Gasteiger partial charge in [0.1, 0.15) is 17.9 Å². The molecule has 0 atom stereocenters. The predicted octanol–water partition coefficient (Wildman–Crippen LogP) is 4.26. The van der Waals surface area contributed by atoms with Crippen molar-refractivity contribution in [3.8, 4) is 5.75 Å². The van der Waals surface area contributed by atoms with Gasteiger partial charge < -0.3 is 14.8 Å². The molecular formula is C24H21NO5. The van der Waals surface area contributed by atoms with Crippen LogP contribution >= 0.6 is 0 Å². The van der Waals surface area contributed by atoms with E-state index in [1.165, 1.54) is 6.92 Å². The number of carbonyl (C=O) groups is 3. The van der Waals surface area contributed by atoms with Gasteiger partial charge in [-0.05, 0) is 48.9 Å². The molecule has 1 N–H and O–H groups in total. The van der Waals surface area contributed by atoms with Crippen molar-refractivity contribution >= 4 is 23.3 Å². The number of ether oxygens (including phenoxy) is 2. The van der Waals surface area contributed by atoms with E-state index in [-0.39, 0.29) is 11.3 Å². The topological polar surface area (TPSA) is 81.7 Å². The molecule has 6 nitrogen and oxygen atoms in total. The molecule has 6 heteroatoms. The molecule has 0 bridgehead atoms. The van der Waals surface area contributed by atoms with Crippen molar-refractivity contribution < 1.29 is 23.9 Å². The maximum absolute atomic E-state index is 12.4. The smallest absolute Gasteiger partial charge is 0.342 e. The first kappa shape index (κ1) is 20.8. The van der Waals surface area contributed by atoms with E-state index >= 15 is 0 Å². The zero-order valence-corrected chi connectivity index (χ0v) is 16.5. The Morgan fingerprint density at radius 1 is 0.833 bits per heavy atom. The number of anilines is 1. The van der Waals surface area contributed by atoms with Crippen LogP contribution in [0.3, 0.4) is 0 Å². The Bertz CT molecular complexity index is 1030. The van der Waals surface area contributed by atoms with E-state index in [0.717, 1.165) is 5.56 Å². The Kier molecular flexibility index (Phi) is 6.95. The van der Waals surface area contributed by atoms with Crippen LogP contribution in [0.2, 0.25) is 0 Å². The minimum Gasteiger partial charge on any atom is -0.488 e. The standard InChI is InChI=1S/C24H21NO5/c1-17(26)19-11-13-20(14-12-19)25-23(27)16-30-24(28)21-9-5-6-10-22(21)29-15-18-7-3-2-4-8-18/h2-14H,15-16H2,1H3,(H,25,27). The molecule has 3 rings (SSSR count). The number of ketones is 1. The molecule has 0 aliphatic rings. The quantitative estimate of drug-likeness (QED) is 0.449. The van der Waals surface area contributed by atoms with E-state index in [4.69, 9.17) is 9.47 Å². The number of esters is 1. The van der Waals surface area contributed by atoms with Crippen LogP contribution in [0.25, 0.3) is 0 Å². The monoisotopic (exact) mass is 403 g/mol. The molecule has 0 saturated carbocycles. The largest absolute Gasteiger partial charge is 0.488 e. The molecule has 0 radical (unpaired) electrons. The Labute approximate surface area is 174 Å². The molecule has 3 aromatic carbocycles. The molecule has 30 heavy (non-hydrogen) atoms. The highest BCUT2D eigenvalue weighted by Gasteiger charge is 2.15. The zero-order valence-electron chi connectivity index (χ0n) is 16.5. The Hall–Kier alpha value is -3.93. The van der Waals surface area contributed by atoms with E-state index in [1.807, 2.05) is 30.3 Å². The number of Topliss-reactive ketones (excluding diaryl/α,β-unsaturated/α-hetero) is 1. The molecule has 0 fully saturated rings. The minimum atomic E-state index is -0.652. The number of hydrogen-bond donors (Lipinski definition) is 1. The van der Waals surface area contributed by atoms with Crippen molar-refractivity contribution in [1.29, 1.82) is 0 Å². The third kappa shape index (κ3) is 5.78. The van der Waals surface area contributed by atoms with E-state index in [0.29, 0.717) is 23.6 Å². The lowest BCUT2D eigenvalue weighted by Gasteiger charge is -2.11. The fourth-order valence-electron chi connectivity index (χ4n) is 2.69. The number of para-hydroxylation sites is 1. The summed E-state index contributed by atoms with van der Waals surface area (Å²) < 4.78 is 10.9. The van der Waals surface area contributed by atoms with Crippen LogP contribution in [0.15, 0.2) is 78.9 Å². The van der Waals surface area contributed by atoms with E-state index in [1.54, 1.807) is 48.5 Å². The van der Waals surface area contributed by atoms with Gasteiger partial charge in [-0.15, -0.1) is 0 Å². The molecule has 0 aromatic heterocycles. The van der Waals surface area contributed by atoms with Crippen molar-refractivity contribution in [2.24, 2.45) is 0 Å². The normalized spacial score (nSPS) is 10.2. The first-order valence-electron chi connectivity index (χ1n) is 9.36. The first-order valence-corrected chi connectivity index (χ1v) is 9.36. The fraction of sp³-hybridized carbons (Fsp3) is 0.125. The van der Waals surface area contributed by atoms with Crippen LogP contribution < -0.4 is 10.1 Å². The lowest BCUT2D eigenvalue weighted by atomic mass is 10.1. The highest BCUT2D eigenvalue weighted by molar-refractivity contribution is 5.97. The Morgan fingerprint density at radius 2 is 1.50 bits per heavy atom. The van der Waals surface area contributed by atoms with Gasteiger partial charge in [-0.25, -0.2) is 4.79 Å². The molecule has 152 valence electrons. The van der Waals surface area contributed by atoms with Crippen LogP contribution in [-0.4, -0.2) is 24.3 Å². The van der Waals surface area contributed by atoms with Gasteiger partial charge in [0.05, 0.1) is 0 Å². The first-order chi connectivity index (χ1) is 14.5. The van der Waals surface area contributed by atoms with Gasteiger partial charge in [-0.3, -0.25) is 9.59 Å². The summed E-state index contributed by atoms with van der Waals surface area (Å²) in [6, 6.07) is 22.8. The molecule has 0 heterocycles. The van der Waals surface area contributed by atoms with E-state index in [9.17, 15) is 14.4 Å². The van der Waals surface area contributed by atoms with Crippen LogP contribution in [0.4, 0.5) is 5.69 Å². The van der Waals surface area contributed by atoms with Gasteiger partial charge in [0.25, 0.3) is 5.91 Å². The number of nitrogens with one attached hydrogen (secondary N) is 1. The highest BCUT2D eigenvalue weighted by atomic mass is 16.5. The van der Waals surface area contributed by atoms with Crippen LogP contribution in [-0.2, 0) is 16.1 Å². The zero-order chi connectivity index (χ0) is 21.3. The van der Waals surface area contributed by atoms with Crippen molar-refractivity contribution in [3.05, 3.63) is 95.6 Å². The predicted molar refractivity (Wildman–Crippen MR) is 113 cm³/mol. The Morgan fingerprint density at radius 3 is 2.20 bits per heavy atom. The summed E-state index contributed by atoms with van der Waals surface area (Å²) in [5.74, 6) is -0.816. The van der Waals surface area contributed by atoms with Gasteiger partial charge in [0.2, 0.25) is 0 Å². The molecule has 1 amide bonds. The summed E-state index contributed by atoms with van der Waals surface area (Å²) in [7, 11) is 0. The van der Waals surface area contributed by atoms with Gasteiger partial charge in [0.15, 0.2) is 12.4 Å². The molecular weight excluding hydrogens is 382 g/mol. The summed E-state index contributed by atoms with van der Waals surface area (Å²) in [5, 5.41) is 2.62. The van der Waals surface area contributed by atoms with Crippen molar-refractivity contribution in [2.75, 3.05) is 11.9 Å². The van der Waals surface area contributed by atoms with Gasteiger partial charge >= 0.3 is 5.97 Å². The second-order valence-corrected chi connectivity index (χ2v) is 6.53. The summed E-state index contributed by atoms with van der Waals surface area (Å²) in [6.45, 7) is 1.33. The second kappa shape index (κ2) is 10.0. The lowest BCUT2D eigenvalue weighted by Crippen LogP contribution is -2.21. The van der Waals surface area contributed by atoms with Crippen LogP contribution in [0.1, 0.15) is 33.2 Å². The maximum atomic E-state index is 12.4. The average molecular weight is 403 g/mol. The average Bonchev–Trinajstić information content (AvgIpc) is 2.77. The van der Waals surface area contributed by atoms with E-state index < -0.39 is 18.5 Å². The number of benzene rings is 3. The summed E-state index contributed by atoms with van der Waals surface area (Å²) in [6.07, 6.45) is 0. The van der Waals surface area contributed by atoms with Gasteiger partial charge in [-0.2, -0.15) is 0 Å². The lowest BCUT2D eigenvalue weighted by molar-refractivity contribution is -0.119. The third-order valence-electron chi connectivity index (χ3n) is 4.25. The molecule has 0 saturated heterocycles. The second-order valence-electron chi connectivity index (χ2n) is 6.53. The summed E-state index contributed by atoms with van der Waals surface area (Å²) in [5.41, 5.74) is 2.27. The van der Waals surface area contributed by atoms with Crippen molar-refractivity contribution in [3.63, 3.8) is 0 Å². The van der Waals surface area contributed by atoms with Crippen LogP contribution in [0, 0.1) is 0 Å². The van der Waals surface area contributed by atoms with Crippen molar-refractivity contribution in [1.82, 2.24) is 0 Å². The highest BCUT2D eigenvalue weighted by Crippen LogP contribution is 2.20. The third-order valence-corrected chi connectivity index (χ3v) is 4.25. The van der Waals surface area contributed by atoms with Gasteiger partial charge in [0, 0.05) is 11.3 Å². The molecule has 0 aliphatic carbocycles. The number of hydrogen-bond acceptors (Lipinski definition) is 5. The van der Waals surface area contributed by atoms with Gasteiger partial charge in [-0.1, -0.05) is 42.5 Å². The molecule has 0 unspecified atom stereocenters. The Balaban J connectivity index is 1.55. The number of rotatable bonds is 8. The molecule has 3 aromatic rings. The molecule has 0 spiro atoms. The minimum absolute atomic E-state index is 0.0602. The maximum Gasteiger partial charge on any atom is 0.342 e. The van der Waals surface area contributed by atoms with Crippen molar-refractivity contribution in [2.45, 2.75) is 13.5 Å². The van der Waals surface area contributed by atoms with E-state index in [2.05, 4.69) is 5.32 Å². The SMILES string of the molecule is CC(=O)c1ccc(NC(=O)COC(=O)c2ccccc2OCc2ccccc2)cc1. The van der Waals surface area contributed by atoms with Crippen LogP contribution in [0.5, 0.6) is 5.75 Å². The molecule has 0 aliphatic heterocycles. The number of carbonyl (C=O) groups excluding carboxylic acids is 3. The number of amides is 1. The fourth-order valence-corrected chi connectivity index (χ4v) is 2.69. The summed E-state index contributed by atoms with van der Waals surface area (Å²) in [4.78, 5) is 35.8. The summed E-state index contributed by atoms with van der Waals surface area (Å²) >= 11 is 0.